The molecule has 0 saturated carbocycles. The third-order valence-electron chi connectivity index (χ3n) is 15.6. The maximum atomic E-state index is 2.38. The number of aryl methyl sites for hydroxylation is 4. The van der Waals surface area contributed by atoms with Crippen LogP contribution in [0.5, 0.6) is 0 Å². The predicted octanol–water partition coefficient (Wildman–Crippen LogP) is 22.2. The van der Waals surface area contributed by atoms with Crippen molar-refractivity contribution < 1.29 is 0 Å². The van der Waals surface area contributed by atoms with Gasteiger partial charge in [-0.3, -0.25) is 0 Å². The molecule has 0 N–H and O–H groups in total. The average molecular weight is 1020 g/mol. The van der Waals surface area contributed by atoms with Gasteiger partial charge in [0.05, 0.1) is 0 Å². The highest BCUT2D eigenvalue weighted by Gasteiger charge is 2.35. The summed E-state index contributed by atoms with van der Waals surface area (Å²) >= 11 is 0. The minimum absolute atomic E-state index is 0.0760. The van der Waals surface area contributed by atoms with E-state index in [9.17, 15) is 0 Å². The molecule has 0 nitrogen and oxygen atoms in total. The summed E-state index contributed by atoms with van der Waals surface area (Å²) in [4.78, 5) is 0. The zero-order valence-corrected chi connectivity index (χ0v) is 47.5. The molecule has 1 aliphatic carbocycles. The van der Waals surface area contributed by atoms with E-state index in [-0.39, 0.29) is 10.8 Å². The second-order valence-corrected chi connectivity index (χ2v) is 22.9. The van der Waals surface area contributed by atoms with Gasteiger partial charge in [0.15, 0.2) is 0 Å². The van der Waals surface area contributed by atoms with Crippen molar-refractivity contribution in [2.45, 2.75) is 73.1 Å². The first-order valence-corrected chi connectivity index (χ1v) is 27.9. The Morgan fingerprint density at radius 3 is 1.14 bits per heavy atom. The lowest BCUT2D eigenvalue weighted by Crippen LogP contribution is -2.14. The Morgan fingerprint density at radius 2 is 0.608 bits per heavy atom. The molecule has 0 heterocycles. The third kappa shape index (κ3) is 12.5. The van der Waals surface area contributed by atoms with Gasteiger partial charge in [0.1, 0.15) is 0 Å². The van der Waals surface area contributed by atoms with Crippen molar-refractivity contribution in [1.82, 2.24) is 0 Å². The van der Waals surface area contributed by atoms with Crippen LogP contribution in [0.4, 0.5) is 0 Å². The zero-order chi connectivity index (χ0) is 55.1. The molecule has 0 heteroatoms. The van der Waals surface area contributed by atoms with Gasteiger partial charge < -0.3 is 0 Å². The topological polar surface area (TPSA) is 0 Å². The minimum atomic E-state index is 0.0760. The second kappa shape index (κ2) is 23.4. The first kappa shape index (κ1) is 53.6. The third-order valence-corrected chi connectivity index (χ3v) is 15.6. The van der Waals surface area contributed by atoms with Crippen molar-refractivity contribution in [3.63, 3.8) is 0 Å². The molecular formula is C79H72. The molecule has 0 aromatic heterocycles. The van der Waals surface area contributed by atoms with Crippen LogP contribution >= 0.6 is 0 Å². The van der Waals surface area contributed by atoms with Crippen LogP contribution in [0.3, 0.4) is 0 Å². The summed E-state index contributed by atoms with van der Waals surface area (Å²) in [5.41, 5.74) is 25.3. The van der Waals surface area contributed by atoms with E-state index in [0.717, 1.165) is 0 Å². The summed E-state index contributed by atoms with van der Waals surface area (Å²) in [5, 5.41) is 5.16. The van der Waals surface area contributed by atoms with E-state index in [1.54, 1.807) is 0 Å². The number of benzene rings is 12. The normalized spacial score (nSPS) is 12.0. The molecule has 0 spiro atoms. The van der Waals surface area contributed by atoms with Crippen LogP contribution in [0.25, 0.3) is 88.3 Å². The van der Waals surface area contributed by atoms with Crippen LogP contribution in [0.15, 0.2) is 273 Å². The Bertz CT molecular complexity index is 3970. The Hall–Kier alpha value is -8.84. The van der Waals surface area contributed by atoms with Gasteiger partial charge in [0.25, 0.3) is 0 Å². The molecule has 0 aliphatic heterocycles. The van der Waals surface area contributed by atoms with Crippen molar-refractivity contribution in [1.29, 1.82) is 0 Å². The van der Waals surface area contributed by atoms with E-state index >= 15 is 0 Å². The Labute approximate surface area is 470 Å². The molecule has 0 fully saturated rings. The largest absolute Gasteiger partial charge is 0.0619 e. The summed E-state index contributed by atoms with van der Waals surface area (Å²) < 4.78 is 0. The fraction of sp³-hybridized carbons (Fsp3) is 0.139. The summed E-state index contributed by atoms with van der Waals surface area (Å²) in [7, 11) is 0. The summed E-state index contributed by atoms with van der Waals surface area (Å²) in [6, 6.07) is 98.5. The highest BCUT2D eigenvalue weighted by molar-refractivity contribution is 5.97. The fourth-order valence-corrected chi connectivity index (χ4v) is 10.7. The first-order valence-electron chi connectivity index (χ1n) is 27.9. The molecule has 0 atom stereocenters. The van der Waals surface area contributed by atoms with Crippen LogP contribution in [0.2, 0.25) is 0 Å². The number of fused-ring (bicyclic) bond motifs is 5. The maximum Gasteiger partial charge on any atom is 0.0159 e. The Balaban J connectivity index is 0.000000122. The summed E-state index contributed by atoms with van der Waals surface area (Å²) in [6.45, 7) is 19.8. The van der Waals surface area contributed by atoms with Crippen LogP contribution < -0.4 is 0 Å². The predicted molar refractivity (Wildman–Crippen MR) is 343 cm³/mol. The molecule has 0 unspecified atom stereocenters. The van der Waals surface area contributed by atoms with E-state index in [2.05, 4.69) is 335 Å². The highest BCUT2D eigenvalue weighted by Crippen LogP contribution is 2.49. The van der Waals surface area contributed by atoms with Crippen LogP contribution in [0, 0.1) is 27.7 Å². The van der Waals surface area contributed by atoms with Gasteiger partial charge in [-0.25, -0.2) is 0 Å². The lowest BCUT2D eigenvalue weighted by molar-refractivity contribution is 0.590. The molecule has 79 heavy (non-hydrogen) atoms. The van der Waals surface area contributed by atoms with Crippen LogP contribution in [-0.2, 0) is 10.8 Å². The lowest BCUT2D eigenvalue weighted by atomic mass is 9.81. The van der Waals surface area contributed by atoms with E-state index in [0.29, 0.717) is 0 Å². The van der Waals surface area contributed by atoms with Crippen molar-refractivity contribution in [3.05, 3.63) is 312 Å². The van der Waals surface area contributed by atoms with Gasteiger partial charge in [-0.05, 0) is 150 Å². The van der Waals surface area contributed by atoms with Gasteiger partial charge in [-0.2, -0.15) is 0 Å². The molecule has 388 valence electrons. The van der Waals surface area contributed by atoms with E-state index in [1.807, 2.05) is 0 Å². The fourth-order valence-electron chi connectivity index (χ4n) is 10.7. The molecule has 12 aromatic carbocycles. The van der Waals surface area contributed by atoms with Gasteiger partial charge >= 0.3 is 0 Å². The van der Waals surface area contributed by atoms with Crippen molar-refractivity contribution in [3.8, 4) is 66.8 Å². The average Bonchev–Trinajstić information content (AvgIpc) is 4.00. The summed E-state index contributed by atoms with van der Waals surface area (Å²) in [6.07, 6.45) is 0. The second-order valence-electron chi connectivity index (χ2n) is 22.9. The van der Waals surface area contributed by atoms with E-state index in [1.165, 1.54) is 127 Å². The number of rotatable bonds is 5. The number of hydrogen-bond donors (Lipinski definition) is 0. The molecule has 0 bridgehead atoms. The quantitative estimate of drug-likeness (QED) is 0.161. The van der Waals surface area contributed by atoms with Crippen LogP contribution in [0.1, 0.15) is 73.6 Å². The van der Waals surface area contributed by atoms with Gasteiger partial charge in [0, 0.05) is 5.41 Å². The van der Waals surface area contributed by atoms with Crippen molar-refractivity contribution in [2.24, 2.45) is 0 Å². The molecule has 12 aromatic rings. The highest BCUT2D eigenvalue weighted by atomic mass is 14.4. The lowest BCUT2D eigenvalue weighted by Gasteiger charge is -2.22. The van der Waals surface area contributed by atoms with Crippen molar-refractivity contribution >= 4 is 21.5 Å². The van der Waals surface area contributed by atoms with Gasteiger partial charge in [-0.15, -0.1) is 0 Å². The van der Waals surface area contributed by atoms with Gasteiger partial charge in [-0.1, -0.05) is 318 Å². The van der Waals surface area contributed by atoms with E-state index < -0.39 is 0 Å². The SMILES string of the molecule is Cc1ccc(-c2ccc(-c3ccc4ccccc4c3)cc2)cc1.Cc1ccc(-c2ccc(-c3cccc4ccccc34)cc2)cc1.Cc1ccc(-c2ccc3c(c2)C(C)(C)c2ccccc2-3)cc1.Cc1ccc(C(C)(C)C)cc1. The maximum absolute atomic E-state index is 2.38. The first-order chi connectivity index (χ1) is 38.2. The van der Waals surface area contributed by atoms with Crippen LogP contribution in [-0.4, -0.2) is 0 Å². The molecule has 0 radical (unpaired) electrons. The standard InChI is InChI=1S/2C23H18.C22H20.C11H16/c1-17-9-11-18(12-10-17)19-13-15-21(16-14-19)23-8-4-6-20-5-2-3-7-22(20)23;1-17-6-8-19(9-7-17)20-10-12-21(13-11-20)23-15-14-18-4-2-3-5-22(18)16-23;1-15-8-10-16(11-9-15)17-12-13-19-18-6-4-5-7-20(18)22(2,3)21(19)14-17;1-9-5-7-10(8-6-9)11(2,3)4/h2*2-16H,1H3;4-14H,1-3H3;5-8H,1-4H3. The van der Waals surface area contributed by atoms with E-state index in [4.69, 9.17) is 0 Å². The minimum Gasteiger partial charge on any atom is -0.0619 e. The molecular weight excluding hydrogens is 949 g/mol. The monoisotopic (exact) mass is 1020 g/mol. The Kier molecular flexibility index (Phi) is 15.9. The smallest absolute Gasteiger partial charge is 0.0159 e. The summed E-state index contributed by atoms with van der Waals surface area (Å²) in [5.74, 6) is 0. The molecule has 0 saturated heterocycles. The van der Waals surface area contributed by atoms with Gasteiger partial charge in [0.2, 0.25) is 0 Å². The number of hydrogen-bond acceptors (Lipinski definition) is 0. The molecule has 13 rings (SSSR count). The zero-order valence-electron chi connectivity index (χ0n) is 47.5. The molecule has 1 aliphatic rings. The Morgan fingerprint density at radius 1 is 0.253 bits per heavy atom. The molecule has 0 amide bonds. The van der Waals surface area contributed by atoms with Crippen molar-refractivity contribution in [2.75, 3.05) is 0 Å².